The Balaban J connectivity index is 4.05. The van der Waals surface area contributed by atoms with E-state index in [1.165, 1.54) is 6.92 Å². The molecule has 0 saturated carbocycles. The largest absolute Gasteiger partial charge is 0.321 e. The van der Waals surface area contributed by atoms with E-state index in [1.807, 2.05) is 20.8 Å². The highest BCUT2D eigenvalue weighted by Crippen LogP contribution is 2.17. The summed E-state index contributed by atoms with van der Waals surface area (Å²) >= 11 is 0. The van der Waals surface area contributed by atoms with Gasteiger partial charge in [-0.25, -0.2) is 0 Å². The molecule has 0 saturated heterocycles. The first-order valence-electron chi connectivity index (χ1n) is 4.54. The quantitative estimate of drug-likeness (QED) is 0.718. The molecule has 0 radical (unpaired) electrons. The highest BCUT2D eigenvalue weighted by atomic mass is 16.1. The lowest BCUT2D eigenvalue weighted by Crippen LogP contribution is -2.39. The van der Waals surface area contributed by atoms with Crippen LogP contribution in [0.15, 0.2) is 0 Å². The summed E-state index contributed by atoms with van der Waals surface area (Å²) in [6, 6.07) is -0.496. The maximum absolute atomic E-state index is 11.5. The molecule has 0 rings (SSSR count). The molecule has 0 spiro atoms. The normalized spacial score (nSPS) is 13.9. The first-order chi connectivity index (χ1) is 5.75. The van der Waals surface area contributed by atoms with Crippen molar-refractivity contribution in [2.75, 3.05) is 0 Å². The van der Waals surface area contributed by atoms with Gasteiger partial charge < -0.3 is 10.5 Å². The van der Waals surface area contributed by atoms with E-state index in [9.17, 15) is 9.59 Å². The molecule has 13 heavy (non-hydrogen) atoms. The van der Waals surface area contributed by atoms with Crippen molar-refractivity contribution in [1.29, 1.82) is 0 Å². The fourth-order valence-electron chi connectivity index (χ4n) is 1.05. The summed E-state index contributed by atoms with van der Waals surface area (Å²) < 4.78 is 0. The number of hydrogen-bond acceptors (Lipinski definition) is 3. The van der Waals surface area contributed by atoms with Crippen LogP contribution in [0.1, 0.15) is 40.5 Å². The Morgan fingerprint density at radius 3 is 2.08 bits per heavy atom. The Morgan fingerprint density at radius 2 is 1.77 bits per heavy atom. The third-order valence-corrected chi connectivity index (χ3v) is 1.88. The van der Waals surface area contributed by atoms with Gasteiger partial charge in [-0.15, -0.1) is 0 Å². The smallest absolute Gasteiger partial charge is 0.154 e. The van der Waals surface area contributed by atoms with Crippen molar-refractivity contribution in [1.82, 2.24) is 0 Å². The number of hydrogen-bond donors (Lipinski definition) is 1. The predicted molar refractivity (Wildman–Crippen MR) is 52.4 cm³/mol. The second kappa shape index (κ2) is 4.51. The molecule has 76 valence electrons. The van der Waals surface area contributed by atoms with E-state index in [0.717, 1.165) is 0 Å². The molecule has 0 aliphatic carbocycles. The van der Waals surface area contributed by atoms with Crippen LogP contribution in [0.2, 0.25) is 0 Å². The van der Waals surface area contributed by atoms with Crippen LogP contribution in [0.25, 0.3) is 0 Å². The zero-order valence-corrected chi connectivity index (χ0v) is 8.89. The van der Waals surface area contributed by atoms with Crippen LogP contribution < -0.4 is 5.73 Å². The molecule has 0 aromatic heterocycles. The predicted octanol–water partition coefficient (Wildman–Crippen LogP) is 1.30. The van der Waals surface area contributed by atoms with Crippen molar-refractivity contribution in [3.63, 3.8) is 0 Å². The molecule has 0 aliphatic heterocycles. The second-order valence-corrected chi connectivity index (χ2v) is 4.46. The third kappa shape index (κ3) is 4.78. The van der Waals surface area contributed by atoms with Gasteiger partial charge in [0.2, 0.25) is 0 Å². The van der Waals surface area contributed by atoms with E-state index in [1.54, 1.807) is 0 Å². The van der Waals surface area contributed by atoms with E-state index in [0.29, 0.717) is 12.8 Å². The molecule has 0 bridgehead atoms. The Hall–Kier alpha value is -0.700. The van der Waals surface area contributed by atoms with Crippen molar-refractivity contribution in [3.05, 3.63) is 0 Å². The first-order valence-corrected chi connectivity index (χ1v) is 4.54. The minimum Gasteiger partial charge on any atom is -0.321 e. The summed E-state index contributed by atoms with van der Waals surface area (Å²) in [6.45, 7) is 7.02. The number of nitrogens with two attached hydrogens (primary N) is 1. The Labute approximate surface area is 79.7 Å². The van der Waals surface area contributed by atoms with Gasteiger partial charge in [0.25, 0.3) is 0 Å². The molecule has 0 aromatic carbocycles. The monoisotopic (exact) mass is 185 g/mol. The molecule has 0 heterocycles. The molecule has 0 aromatic rings. The minimum absolute atomic E-state index is 0.0220. The SMILES string of the molecule is CC(=O)CC[C@H](N)C(=O)C(C)(C)C. The number of carbonyl (C=O) groups excluding carboxylic acids is 2. The molecule has 0 aliphatic rings. The highest BCUT2D eigenvalue weighted by molar-refractivity contribution is 5.89. The van der Waals surface area contributed by atoms with Gasteiger partial charge in [-0.3, -0.25) is 4.79 Å². The molecule has 0 unspecified atom stereocenters. The molecule has 0 fully saturated rings. The second-order valence-electron chi connectivity index (χ2n) is 4.46. The van der Waals surface area contributed by atoms with Gasteiger partial charge in [0.15, 0.2) is 5.78 Å². The minimum atomic E-state index is -0.496. The molecule has 2 N–H and O–H groups in total. The summed E-state index contributed by atoms with van der Waals surface area (Å²) in [5, 5.41) is 0. The van der Waals surface area contributed by atoms with Crippen LogP contribution in [0.5, 0.6) is 0 Å². The molecular formula is C10H19NO2. The summed E-state index contributed by atoms with van der Waals surface area (Å²) in [7, 11) is 0. The maximum Gasteiger partial charge on any atom is 0.154 e. The average molecular weight is 185 g/mol. The summed E-state index contributed by atoms with van der Waals surface area (Å²) in [5.74, 6) is 0.103. The van der Waals surface area contributed by atoms with E-state index in [-0.39, 0.29) is 11.6 Å². The fraction of sp³-hybridized carbons (Fsp3) is 0.800. The molecule has 0 amide bonds. The standard InChI is InChI=1S/C10H19NO2/c1-7(12)5-6-8(11)9(13)10(2,3)4/h8H,5-6,11H2,1-4H3/t8-/m0/s1. The van der Waals surface area contributed by atoms with Crippen LogP contribution >= 0.6 is 0 Å². The van der Waals surface area contributed by atoms with Gasteiger partial charge in [0, 0.05) is 11.8 Å². The van der Waals surface area contributed by atoms with Crippen LogP contribution in [0.3, 0.4) is 0 Å². The number of ketones is 2. The van der Waals surface area contributed by atoms with Crippen molar-refractivity contribution >= 4 is 11.6 Å². The van der Waals surface area contributed by atoms with Crippen molar-refractivity contribution < 1.29 is 9.59 Å². The van der Waals surface area contributed by atoms with Gasteiger partial charge in [-0.2, -0.15) is 0 Å². The van der Waals surface area contributed by atoms with Gasteiger partial charge in [-0.05, 0) is 13.3 Å². The van der Waals surface area contributed by atoms with Crippen LogP contribution in [-0.4, -0.2) is 17.6 Å². The fourth-order valence-corrected chi connectivity index (χ4v) is 1.05. The van der Waals surface area contributed by atoms with Gasteiger partial charge in [0.1, 0.15) is 5.78 Å². The van der Waals surface area contributed by atoms with Gasteiger partial charge in [0.05, 0.1) is 6.04 Å². The van der Waals surface area contributed by atoms with Crippen LogP contribution in [0.4, 0.5) is 0 Å². The topological polar surface area (TPSA) is 60.2 Å². The number of carbonyl (C=O) groups is 2. The molecule has 3 nitrogen and oxygen atoms in total. The molecular weight excluding hydrogens is 166 g/mol. The summed E-state index contributed by atoms with van der Waals surface area (Å²) in [4.78, 5) is 22.2. The van der Waals surface area contributed by atoms with Crippen molar-refractivity contribution in [2.45, 2.75) is 46.6 Å². The zero-order valence-electron chi connectivity index (χ0n) is 8.89. The van der Waals surface area contributed by atoms with E-state index >= 15 is 0 Å². The van der Waals surface area contributed by atoms with Gasteiger partial charge in [-0.1, -0.05) is 20.8 Å². The lowest BCUT2D eigenvalue weighted by Gasteiger charge is -2.21. The lowest BCUT2D eigenvalue weighted by molar-refractivity contribution is -0.127. The van der Waals surface area contributed by atoms with Crippen LogP contribution in [-0.2, 0) is 9.59 Å². The molecule has 1 atom stereocenters. The van der Waals surface area contributed by atoms with Crippen molar-refractivity contribution in [2.24, 2.45) is 11.1 Å². The maximum atomic E-state index is 11.5. The Kier molecular flexibility index (Phi) is 4.27. The summed E-state index contributed by atoms with van der Waals surface area (Å²) in [6.07, 6.45) is 0.856. The highest BCUT2D eigenvalue weighted by Gasteiger charge is 2.26. The van der Waals surface area contributed by atoms with E-state index in [4.69, 9.17) is 5.73 Å². The van der Waals surface area contributed by atoms with E-state index < -0.39 is 11.5 Å². The van der Waals surface area contributed by atoms with Crippen molar-refractivity contribution in [3.8, 4) is 0 Å². The Morgan fingerprint density at radius 1 is 1.31 bits per heavy atom. The van der Waals surface area contributed by atoms with Gasteiger partial charge >= 0.3 is 0 Å². The molecule has 3 heteroatoms. The Bertz CT molecular complexity index is 203. The number of rotatable bonds is 4. The lowest BCUT2D eigenvalue weighted by atomic mass is 9.85. The van der Waals surface area contributed by atoms with Crippen LogP contribution in [0, 0.1) is 5.41 Å². The van der Waals surface area contributed by atoms with E-state index in [2.05, 4.69) is 0 Å². The third-order valence-electron chi connectivity index (χ3n) is 1.88. The number of Topliss-reactive ketones (excluding diaryl/α,β-unsaturated/α-hetero) is 2. The summed E-state index contributed by atoms with van der Waals surface area (Å²) in [5.41, 5.74) is 5.24. The first kappa shape index (κ1) is 12.3. The zero-order chi connectivity index (χ0) is 10.6. The average Bonchev–Trinajstić information content (AvgIpc) is 1.96.